The number of benzene rings is 2. The van der Waals surface area contributed by atoms with Crippen LogP contribution in [0.2, 0.25) is 0 Å². The van der Waals surface area contributed by atoms with E-state index in [0.29, 0.717) is 5.56 Å². The predicted molar refractivity (Wildman–Crippen MR) is 105 cm³/mol. The second kappa shape index (κ2) is 9.15. The summed E-state index contributed by atoms with van der Waals surface area (Å²) in [4.78, 5) is 26.1. The lowest BCUT2D eigenvalue weighted by Crippen LogP contribution is -2.37. The number of carbonyl (C=O) groups is 2. The molecule has 0 saturated carbocycles. The van der Waals surface area contributed by atoms with Crippen molar-refractivity contribution in [2.45, 2.75) is 24.5 Å². The summed E-state index contributed by atoms with van der Waals surface area (Å²) in [5.41, 5.74) is 0.612. The van der Waals surface area contributed by atoms with E-state index < -0.39 is 33.8 Å². The molecule has 9 heteroatoms. The average Bonchev–Trinajstić information content (AvgIpc) is 2.67. The van der Waals surface area contributed by atoms with E-state index in [9.17, 15) is 22.4 Å². The lowest BCUT2D eigenvalue weighted by molar-refractivity contribution is -0.139. The first kappa shape index (κ1) is 22.5. The van der Waals surface area contributed by atoms with Gasteiger partial charge in [-0.25, -0.2) is 21.9 Å². The minimum Gasteiger partial charge on any atom is -0.449 e. The predicted octanol–water partition coefficient (Wildman–Crippen LogP) is 2.28. The number of likely N-dealkylation sites (N-methyl/N-ethyl adjacent to an activating group) is 1. The molecule has 0 heterocycles. The maximum atomic E-state index is 13.3. The fraction of sp³-hybridized carbons (Fsp3) is 0.300. The highest BCUT2D eigenvalue weighted by molar-refractivity contribution is 7.89. The summed E-state index contributed by atoms with van der Waals surface area (Å²) in [5.74, 6) is -1.70. The molecule has 2 aromatic carbocycles. The molecule has 0 N–H and O–H groups in total. The Labute approximate surface area is 169 Å². The van der Waals surface area contributed by atoms with Crippen molar-refractivity contribution in [3.8, 4) is 0 Å². The third-order valence-electron chi connectivity index (χ3n) is 4.16. The van der Waals surface area contributed by atoms with E-state index in [1.54, 1.807) is 12.1 Å². The highest BCUT2D eigenvalue weighted by Crippen LogP contribution is 2.16. The zero-order chi connectivity index (χ0) is 21.8. The lowest BCUT2D eigenvalue weighted by atomic mass is 10.2. The summed E-state index contributed by atoms with van der Waals surface area (Å²) < 4.78 is 43.9. The molecule has 0 fully saturated rings. The van der Waals surface area contributed by atoms with E-state index in [1.165, 1.54) is 69.4 Å². The van der Waals surface area contributed by atoms with Gasteiger partial charge in [0.25, 0.3) is 5.91 Å². The Morgan fingerprint density at radius 2 is 1.72 bits per heavy atom. The maximum Gasteiger partial charge on any atom is 0.338 e. The van der Waals surface area contributed by atoms with Crippen molar-refractivity contribution in [2.24, 2.45) is 0 Å². The number of nitrogens with zero attached hydrogens (tertiary/aromatic N) is 2. The molecule has 2 aromatic rings. The Bertz CT molecular complexity index is 1010. The highest BCUT2D eigenvalue weighted by atomic mass is 32.2. The van der Waals surface area contributed by atoms with Gasteiger partial charge in [-0.15, -0.1) is 0 Å². The van der Waals surface area contributed by atoms with Crippen molar-refractivity contribution >= 4 is 21.9 Å². The Hall–Kier alpha value is -2.78. The van der Waals surface area contributed by atoms with Gasteiger partial charge in [-0.2, -0.15) is 0 Å². The van der Waals surface area contributed by atoms with Crippen LogP contribution in [0.1, 0.15) is 22.8 Å². The molecule has 0 saturated heterocycles. The van der Waals surface area contributed by atoms with Gasteiger partial charge in [0.15, 0.2) is 6.10 Å². The zero-order valence-electron chi connectivity index (χ0n) is 16.6. The molecule has 7 nitrogen and oxygen atoms in total. The van der Waals surface area contributed by atoms with Gasteiger partial charge in [0.2, 0.25) is 10.0 Å². The normalized spacial score (nSPS) is 12.5. The second-order valence-electron chi connectivity index (χ2n) is 6.69. The Kier molecular flexibility index (Phi) is 7.10. The van der Waals surface area contributed by atoms with E-state index in [4.69, 9.17) is 4.74 Å². The number of hydrogen-bond acceptors (Lipinski definition) is 5. The molecular formula is C20H23FN2O5S. The van der Waals surface area contributed by atoms with Gasteiger partial charge < -0.3 is 9.64 Å². The van der Waals surface area contributed by atoms with Crippen molar-refractivity contribution in [3.05, 3.63) is 65.5 Å². The molecule has 2 rings (SSSR count). The van der Waals surface area contributed by atoms with Crippen LogP contribution in [0.5, 0.6) is 0 Å². The number of carbonyl (C=O) groups excluding carboxylic acids is 2. The van der Waals surface area contributed by atoms with Gasteiger partial charge >= 0.3 is 5.97 Å². The van der Waals surface area contributed by atoms with Crippen LogP contribution in [0.4, 0.5) is 4.39 Å². The topological polar surface area (TPSA) is 84.0 Å². The van der Waals surface area contributed by atoms with E-state index in [0.717, 1.165) is 4.31 Å². The number of rotatable bonds is 7. The molecule has 156 valence electrons. The zero-order valence-corrected chi connectivity index (χ0v) is 17.4. The van der Waals surface area contributed by atoms with Crippen molar-refractivity contribution in [2.75, 3.05) is 21.1 Å². The number of amides is 1. The second-order valence-corrected chi connectivity index (χ2v) is 8.84. The number of ether oxygens (including phenoxy) is 1. The molecule has 0 aromatic heterocycles. The minimum absolute atomic E-state index is 0.0142. The summed E-state index contributed by atoms with van der Waals surface area (Å²) in [5, 5.41) is 0. The van der Waals surface area contributed by atoms with Gasteiger partial charge in [0.05, 0.1) is 10.5 Å². The Morgan fingerprint density at radius 1 is 1.07 bits per heavy atom. The first-order valence-electron chi connectivity index (χ1n) is 8.75. The molecule has 0 bridgehead atoms. The van der Waals surface area contributed by atoms with E-state index in [-0.39, 0.29) is 17.0 Å². The van der Waals surface area contributed by atoms with Gasteiger partial charge in [0, 0.05) is 27.7 Å². The molecule has 0 aliphatic heterocycles. The first-order chi connectivity index (χ1) is 13.5. The van der Waals surface area contributed by atoms with Crippen molar-refractivity contribution in [3.63, 3.8) is 0 Å². The first-order valence-corrected chi connectivity index (χ1v) is 10.2. The maximum absolute atomic E-state index is 13.3. The van der Waals surface area contributed by atoms with Crippen LogP contribution in [0, 0.1) is 5.82 Å². The standard InChI is InChI=1S/C20H23FN2O5S/c1-14(19(24)23(4)13-15-7-5-9-17(21)11-15)28-20(25)16-8-6-10-18(12-16)29(26,27)22(2)3/h5-12,14H,13H2,1-4H3/t14-/m0/s1. The van der Waals surface area contributed by atoms with Gasteiger partial charge in [-0.1, -0.05) is 18.2 Å². The number of halogens is 1. The van der Waals surface area contributed by atoms with E-state index in [1.807, 2.05) is 0 Å². The lowest BCUT2D eigenvalue weighted by Gasteiger charge is -2.21. The molecule has 0 aliphatic carbocycles. The van der Waals surface area contributed by atoms with Gasteiger partial charge in [-0.05, 0) is 42.8 Å². The van der Waals surface area contributed by atoms with Crippen molar-refractivity contribution in [1.29, 1.82) is 0 Å². The fourth-order valence-electron chi connectivity index (χ4n) is 2.57. The van der Waals surface area contributed by atoms with Crippen molar-refractivity contribution in [1.82, 2.24) is 9.21 Å². The smallest absolute Gasteiger partial charge is 0.338 e. The fourth-order valence-corrected chi connectivity index (χ4v) is 3.52. The SMILES string of the molecule is C[C@H](OC(=O)c1cccc(S(=O)(=O)N(C)C)c1)C(=O)N(C)Cc1cccc(F)c1. The van der Waals surface area contributed by atoms with Crippen LogP contribution < -0.4 is 0 Å². The monoisotopic (exact) mass is 422 g/mol. The van der Waals surface area contributed by atoms with Crippen LogP contribution in [0.25, 0.3) is 0 Å². The summed E-state index contributed by atoms with van der Waals surface area (Å²) in [6, 6.07) is 11.2. The van der Waals surface area contributed by atoms with Crippen LogP contribution in [0.3, 0.4) is 0 Å². The third kappa shape index (κ3) is 5.61. The van der Waals surface area contributed by atoms with Crippen LogP contribution in [0.15, 0.2) is 53.4 Å². The van der Waals surface area contributed by atoms with Crippen molar-refractivity contribution < 1.29 is 27.1 Å². The molecule has 0 unspecified atom stereocenters. The van der Waals surface area contributed by atoms with Gasteiger partial charge in [-0.3, -0.25) is 4.79 Å². The quantitative estimate of drug-likeness (QED) is 0.639. The van der Waals surface area contributed by atoms with Crippen LogP contribution in [-0.4, -0.2) is 56.7 Å². The number of hydrogen-bond donors (Lipinski definition) is 0. The Balaban J connectivity index is 2.07. The van der Waals surface area contributed by atoms with Gasteiger partial charge in [0.1, 0.15) is 5.82 Å². The third-order valence-corrected chi connectivity index (χ3v) is 5.98. The summed E-state index contributed by atoms with van der Waals surface area (Å²) in [6.07, 6.45) is -1.10. The summed E-state index contributed by atoms with van der Waals surface area (Å²) in [7, 11) is 0.575. The molecule has 1 atom stereocenters. The number of sulfonamides is 1. The molecule has 0 aliphatic rings. The molecule has 0 radical (unpaired) electrons. The van der Waals surface area contributed by atoms with Crippen LogP contribution >= 0.6 is 0 Å². The Morgan fingerprint density at radius 3 is 2.34 bits per heavy atom. The molecule has 1 amide bonds. The molecule has 29 heavy (non-hydrogen) atoms. The van der Waals surface area contributed by atoms with E-state index >= 15 is 0 Å². The molecule has 0 spiro atoms. The highest BCUT2D eigenvalue weighted by Gasteiger charge is 2.24. The molecular weight excluding hydrogens is 399 g/mol. The minimum atomic E-state index is -3.71. The van der Waals surface area contributed by atoms with Crippen LogP contribution in [-0.2, 0) is 26.1 Å². The number of esters is 1. The van der Waals surface area contributed by atoms with E-state index in [2.05, 4.69) is 0 Å². The average molecular weight is 422 g/mol. The largest absolute Gasteiger partial charge is 0.449 e. The summed E-state index contributed by atoms with van der Waals surface area (Å²) >= 11 is 0. The summed E-state index contributed by atoms with van der Waals surface area (Å²) in [6.45, 7) is 1.57.